The zero-order chi connectivity index (χ0) is 29.1. The van der Waals surface area contributed by atoms with Crippen LogP contribution in [0.2, 0.25) is 0 Å². The molecule has 0 aliphatic carbocycles. The Kier molecular flexibility index (Phi) is 8.03. The van der Waals surface area contributed by atoms with E-state index in [4.69, 9.17) is 9.47 Å². The molecule has 0 saturated carbocycles. The summed E-state index contributed by atoms with van der Waals surface area (Å²) in [6.45, 7) is 2.02. The van der Waals surface area contributed by atoms with Gasteiger partial charge in [0.25, 0.3) is 0 Å². The third-order valence-electron chi connectivity index (χ3n) is 7.03. The van der Waals surface area contributed by atoms with Crippen molar-refractivity contribution in [3.05, 3.63) is 83.3 Å². The van der Waals surface area contributed by atoms with Crippen molar-refractivity contribution in [2.45, 2.75) is 46.0 Å². The van der Waals surface area contributed by atoms with Crippen LogP contribution in [0.15, 0.2) is 60.7 Å². The second-order valence-electron chi connectivity index (χ2n) is 9.69. The Bertz CT molecular complexity index is 1710. The van der Waals surface area contributed by atoms with E-state index in [0.29, 0.717) is 36.1 Å². The first kappa shape index (κ1) is 28.2. The van der Waals surface area contributed by atoms with E-state index in [2.05, 4.69) is 10.1 Å². The van der Waals surface area contributed by atoms with E-state index in [-0.39, 0.29) is 25.1 Å². The number of nitrogens with zero attached hydrogens (tertiary/aromatic N) is 2. The van der Waals surface area contributed by atoms with E-state index >= 15 is 0 Å². The van der Waals surface area contributed by atoms with Gasteiger partial charge in [-0.3, -0.25) is 4.68 Å². The Labute approximate surface area is 236 Å². The summed E-state index contributed by atoms with van der Waals surface area (Å²) in [4.78, 5) is 16.1. The standard InChI is InChI=1S/C31H30F3N3O4.H2/c1-3-40-30(39)29-23(14-8-16-41-26-15-6-10-20-9-4-5-11-21(20)26)22-12-7-13-24(28(22)35-29)27-19(2)37(18-31(32,33)34)36-25(27)17-38;/h4-7,9-13,15,35,38H,3,8,14,16-18H2,1-2H3;1H. The highest BCUT2D eigenvalue weighted by atomic mass is 19.4. The normalized spacial score (nSPS) is 11.9. The van der Waals surface area contributed by atoms with Crippen molar-refractivity contribution in [2.75, 3.05) is 13.2 Å². The highest BCUT2D eigenvalue weighted by molar-refractivity contribution is 6.04. The highest BCUT2D eigenvalue weighted by Crippen LogP contribution is 2.37. The topological polar surface area (TPSA) is 89.4 Å². The van der Waals surface area contributed by atoms with Gasteiger partial charge in [0.05, 0.1) is 31.0 Å². The van der Waals surface area contributed by atoms with Crippen molar-refractivity contribution in [3.8, 4) is 16.9 Å². The van der Waals surface area contributed by atoms with Gasteiger partial charge in [-0.25, -0.2) is 4.79 Å². The molecule has 2 heterocycles. The monoisotopic (exact) mass is 567 g/mol. The number of alkyl halides is 3. The number of aromatic amines is 1. The van der Waals surface area contributed by atoms with Gasteiger partial charge in [0, 0.05) is 29.0 Å². The number of esters is 1. The summed E-state index contributed by atoms with van der Waals surface area (Å²) in [6, 6.07) is 19.2. The second kappa shape index (κ2) is 11.7. The number of ether oxygens (including phenoxy) is 2. The molecule has 5 aromatic rings. The number of rotatable bonds is 10. The average molecular weight is 568 g/mol. The second-order valence-corrected chi connectivity index (χ2v) is 9.69. The van der Waals surface area contributed by atoms with Gasteiger partial charge in [0.1, 0.15) is 18.0 Å². The van der Waals surface area contributed by atoms with Crippen molar-refractivity contribution in [3.63, 3.8) is 0 Å². The lowest BCUT2D eigenvalue weighted by molar-refractivity contribution is -0.143. The number of H-pyrrole nitrogens is 1. The largest absolute Gasteiger partial charge is 0.493 e. The van der Waals surface area contributed by atoms with Crippen LogP contribution in [0.25, 0.3) is 32.8 Å². The first-order valence-corrected chi connectivity index (χ1v) is 13.4. The minimum absolute atomic E-state index is 0. The van der Waals surface area contributed by atoms with Gasteiger partial charge in [-0.05, 0) is 43.7 Å². The number of hydrogen-bond donors (Lipinski definition) is 2. The maximum atomic E-state index is 13.2. The van der Waals surface area contributed by atoms with E-state index in [1.165, 1.54) is 6.92 Å². The van der Waals surface area contributed by atoms with Crippen molar-refractivity contribution in [1.29, 1.82) is 0 Å². The summed E-state index contributed by atoms with van der Waals surface area (Å²) in [6.07, 6.45) is -3.39. The molecule has 41 heavy (non-hydrogen) atoms. The van der Waals surface area contributed by atoms with Crippen molar-refractivity contribution >= 4 is 27.6 Å². The molecule has 0 saturated heterocycles. The van der Waals surface area contributed by atoms with Gasteiger partial charge in [-0.15, -0.1) is 0 Å². The molecule has 0 unspecified atom stereocenters. The molecule has 7 nitrogen and oxygen atoms in total. The maximum Gasteiger partial charge on any atom is 0.408 e. The molecule has 0 amide bonds. The Morgan fingerprint density at radius 1 is 1.07 bits per heavy atom. The zero-order valence-electron chi connectivity index (χ0n) is 22.7. The summed E-state index contributed by atoms with van der Waals surface area (Å²) in [5.41, 5.74) is 2.89. The molecule has 2 aromatic heterocycles. The summed E-state index contributed by atoms with van der Waals surface area (Å²) < 4.78 is 51.8. The van der Waals surface area contributed by atoms with Crippen LogP contribution < -0.4 is 4.74 Å². The summed E-state index contributed by atoms with van der Waals surface area (Å²) >= 11 is 0. The molecule has 0 fully saturated rings. The Hall–Kier alpha value is -4.31. The lowest BCUT2D eigenvalue weighted by Gasteiger charge is -2.10. The number of halogens is 3. The van der Waals surface area contributed by atoms with Gasteiger partial charge in [-0.2, -0.15) is 18.3 Å². The smallest absolute Gasteiger partial charge is 0.408 e. The maximum absolute atomic E-state index is 13.2. The fraction of sp³-hybridized carbons (Fsp3) is 0.290. The number of aromatic nitrogens is 3. The average Bonchev–Trinajstić information content (AvgIpc) is 3.47. The van der Waals surface area contributed by atoms with Crippen LogP contribution in [-0.4, -0.2) is 45.2 Å². The van der Waals surface area contributed by atoms with Gasteiger partial charge >= 0.3 is 12.1 Å². The minimum atomic E-state index is -4.47. The Balaban J connectivity index is 0.00000405. The minimum Gasteiger partial charge on any atom is -0.493 e. The highest BCUT2D eigenvalue weighted by Gasteiger charge is 2.31. The molecule has 0 aliphatic heterocycles. The first-order chi connectivity index (χ1) is 19.7. The summed E-state index contributed by atoms with van der Waals surface area (Å²) in [7, 11) is 0. The third kappa shape index (κ3) is 5.78. The van der Waals surface area contributed by atoms with Crippen LogP contribution in [0.4, 0.5) is 13.2 Å². The van der Waals surface area contributed by atoms with Crippen LogP contribution in [0.1, 0.15) is 42.2 Å². The number of para-hydroxylation sites is 1. The number of aliphatic hydroxyl groups is 1. The zero-order valence-corrected chi connectivity index (χ0v) is 22.7. The van der Waals surface area contributed by atoms with Crippen LogP contribution in [0.5, 0.6) is 5.75 Å². The number of hydrogen-bond acceptors (Lipinski definition) is 5. The summed E-state index contributed by atoms with van der Waals surface area (Å²) in [5.74, 6) is 0.254. The van der Waals surface area contributed by atoms with E-state index in [0.717, 1.165) is 32.2 Å². The van der Waals surface area contributed by atoms with Gasteiger partial charge < -0.3 is 19.6 Å². The van der Waals surface area contributed by atoms with Crippen molar-refractivity contribution in [2.24, 2.45) is 0 Å². The van der Waals surface area contributed by atoms with E-state index in [9.17, 15) is 23.1 Å². The SMILES string of the molecule is CCOC(=O)c1[nH]c2c(-c3c(CO)nn(CC(F)(F)F)c3C)cccc2c1CCCOc1cccc2ccccc12.[HH]. The molecule has 216 valence electrons. The van der Waals surface area contributed by atoms with Crippen LogP contribution in [-0.2, 0) is 24.3 Å². The van der Waals surface area contributed by atoms with Gasteiger partial charge in [-0.1, -0.05) is 54.6 Å². The number of carbonyl (C=O) groups excluding carboxylic acids is 1. The quantitative estimate of drug-likeness (QED) is 0.140. The lowest BCUT2D eigenvalue weighted by Crippen LogP contribution is -2.19. The number of fused-ring (bicyclic) bond motifs is 2. The number of carbonyl (C=O) groups is 1. The number of aryl methyl sites for hydroxylation is 1. The molecule has 2 N–H and O–H groups in total. The van der Waals surface area contributed by atoms with Gasteiger partial charge in [0.2, 0.25) is 0 Å². The van der Waals surface area contributed by atoms with Crippen molar-refractivity contribution in [1.82, 2.24) is 14.8 Å². The molecular weight excluding hydrogens is 535 g/mol. The fourth-order valence-electron chi connectivity index (χ4n) is 5.27. The molecule has 5 rings (SSSR count). The number of nitrogens with one attached hydrogen (secondary N) is 1. The van der Waals surface area contributed by atoms with E-state index in [1.54, 1.807) is 19.1 Å². The number of aliphatic hydroxyl groups excluding tert-OH is 1. The molecule has 10 heteroatoms. The molecule has 0 radical (unpaired) electrons. The Morgan fingerprint density at radius 3 is 2.56 bits per heavy atom. The summed E-state index contributed by atoms with van der Waals surface area (Å²) in [5, 5.41) is 16.8. The van der Waals surface area contributed by atoms with E-state index < -0.39 is 25.3 Å². The molecule has 0 bridgehead atoms. The lowest BCUT2D eigenvalue weighted by atomic mass is 9.98. The van der Waals surface area contributed by atoms with Gasteiger partial charge in [0.15, 0.2) is 0 Å². The number of benzene rings is 3. The third-order valence-corrected chi connectivity index (χ3v) is 7.03. The molecule has 0 spiro atoms. The van der Waals surface area contributed by atoms with Crippen LogP contribution >= 0.6 is 0 Å². The van der Waals surface area contributed by atoms with Crippen LogP contribution in [0, 0.1) is 6.92 Å². The molecule has 0 aliphatic rings. The predicted molar refractivity (Wildman–Crippen MR) is 152 cm³/mol. The molecular formula is C31H32F3N3O4. The van der Waals surface area contributed by atoms with Crippen molar-refractivity contribution < 1.29 is 34.0 Å². The van der Waals surface area contributed by atoms with Crippen LogP contribution in [0.3, 0.4) is 0 Å². The first-order valence-electron chi connectivity index (χ1n) is 13.4. The van der Waals surface area contributed by atoms with E-state index in [1.807, 2.05) is 48.5 Å². The predicted octanol–water partition coefficient (Wildman–Crippen LogP) is 6.98. The molecule has 0 atom stereocenters. The molecule has 3 aromatic carbocycles. The Morgan fingerprint density at radius 2 is 1.80 bits per heavy atom. The fourth-order valence-corrected chi connectivity index (χ4v) is 5.27.